The van der Waals surface area contributed by atoms with Gasteiger partial charge in [0, 0.05) is 24.2 Å². The van der Waals surface area contributed by atoms with Crippen LogP contribution >= 0.6 is 11.3 Å². The molecule has 0 bridgehead atoms. The van der Waals surface area contributed by atoms with Gasteiger partial charge in [-0.05, 0) is 49.6 Å². The number of aromatic amines is 1. The Labute approximate surface area is 173 Å². The quantitative estimate of drug-likeness (QED) is 0.656. The molecule has 1 unspecified atom stereocenters. The zero-order chi connectivity index (χ0) is 20.2. The summed E-state index contributed by atoms with van der Waals surface area (Å²) in [7, 11) is 1.97. The van der Waals surface area contributed by atoms with Gasteiger partial charge in [-0.25, -0.2) is 4.98 Å². The first-order valence-electron chi connectivity index (χ1n) is 9.76. The third-order valence-corrected chi connectivity index (χ3v) is 5.88. The molecule has 29 heavy (non-hydrogen) atoms. The van der Waals surface area contributed by atoms with E-state index in [2.05, 4.69) is 32.3 Å². The first-order valence-corrected chi connectivity index (χ1v) is 10.7. The second-order valence-electron chi connectivity index (χ2n) is 7.50. The van der Waals surface area contributed by atoms with Gasteiger partial charge in [-0.2, -0.15) is 0 Å². The zero-order valence-corrected chi connectivity index (χ0v) is 17.2. The van der Waals surface area contributed by atoms with Gasteiger partial charge in [0.1, 0.15) is 5.56 Å². The number of fused-ring (bicyclic) bond motifs is 1. The maximum Gasteiger partial charge on any atom is 0.261 e. The van der Waals surface area contributed by atoms with E-state index < -0.39 is 0 Å². The molecular weight excluding hydrogens is 384 g/mol. The molecule has 0 fully saturated rings. The number of hydrogen-bond donors (Lipinski definition) is 2. The van der Waals surface area contributed by atoms with Crippen LogP contribution in [0.3, 0.4) is 0 Å². The highest BCUT2D eigenvalue weighted by atomic mass is 32.1. The number of thiazole rings is 1. The van der Waals surface area contributed by atoms with Crippen LogP contribution in [-0.2, 0) is 19.5 Å². The highest BCUT2D eigenvalue weighted by Crippen LogP contribution is 2.29. The van der Waals surface area contributed by atoms with Gasteiger partial charge in [0.2, 0.25) is 0 Å². The standard InChI is InChI=1S/C22H24N4O2S/c1-26(12-17-13-29-14-23-17)11-16-9-10-19(21(27)24-16)22(28)25-20-8-4-6-15-5-2-3-7-18(15)20/h2-3,5,7,9-10,13-14,20H,4,6,8,11-12H2,1H3,(H,24,27)(H,25,28). The van der Waals surface area contributed by atoms with Gasteiger partial charge in [-0.3, -0.25) is 14.5 Å². The lowest BCUT2D eigenvalue weighted by molar-refractivity contribution is 0.0931. The van der Waals surface area contributed by atoms with E-state index in [1.807, 2.05) is 36.1 Å². The predicted octanol–water partition coefficient (Wildman–Crippen LogP) is 3.27. The summed E-state index contributed by atoms with van der Waals surface area (Å²) in [6.07, 6.45) is 2.95. The summed E-state index contributed by atoms with van der Waals surface area (Å²) in [5.41, 5.74) is 5.81. The van der Waals surface area contributed by atoms with Crippen molar-refractivity contribution in [1.82, 2.24) is 20.2 Å². The Morgan fingerprint density at radius 3 is 2.93 bits per heavy atom. The topological polar surface area (TPSA) is 78.1 Å². The Morgan fingerprint density at radius 2 is 2.14 bits per heavy atom. The van der Waals surface area contributed by atoms with Crippen molar-refractivity contribution in [2.75, 3.05) is 7.05 Å². The van der Waals surface area contributed by atoms with Crippen LogP contribution in [0.4, 0.5) is 0 Å². The van der Waals surface area contributed by atoms with Gasteiger partial charge in [-0.1, -0.05) is 24.3 Å². The molecule has 2 heterocycles. The molecular formula is C22H24N4O2S. The molecule has 4 rings (SSSR count). The number of pyridine rings is 1. The maximum absolute atomic E-state index is 12.7. The molecule has 0 saturated carbocycles. The number of hydrogen-bond acceptors (Lipinski definition) is 5. The smallest absolute Gasteiger partial charge is 0.261 e. The van der Waals surface area contributed by atoms with Crippen LogP contribution in [0, 0.1) is 0 Å². The summed E-state index contributed by atoms with van der Waals surface area (Å²) in [5.74, 6) is -0.324. The second-order valence-corrected chi connectivity index (χ2v) is 8.21. The van der Waals surface area contributed by atoms with E-state index in [0.29, 0.717) is 13.1 Å². The first kappa shape index (κ1) is 19.5. The van der Waals surface area contributed by atoms with Gasteiger partial charge in [0.25, 0.3) is 11.5 Å². The fourth-order valence-corrected chi connectivity index (χ4v) is 4.41. The SMILES string of the molecule is CN(Cc1cscn1)Cc1ccc(C(=O)NC2CCCc3ccccc32)c(=O)[nH]1. The number of H-pyrrole nitrogens is 1. The fourth-order valence-electron chi connectivity index (χ4n) is 3.86. The van der Waals surface area contributed by atoms with E-state index in [9.17, 15) is 9.59 Å². The van der Waals surface area contributed by atoms with Crippen molar-refractivity contribution in [1.29, 1.82) is 0 Å². The van der Waals surface area contributed by atoms with Crippen LogP contribution in [0.15, 0.2) is 52.1 Å². The third kappa shape index (κ3) is 4.63. The van der Waals surface area contributed by atoms with E-state index >= 15 is 0 Å². The summed E-state index contributed by atoms with van der Waals surface area (Å²) >= 11 is 1.57. The van der Waals surface area contributed by atoms with Crippen molar-refractivity contribution in [2.45, 2.75) is 38.4 Å². The Balaban J connectivity index is 1.43. The monoisotopic (exact) mass is 408 g/mol. The summed E-state index contributed by atoms with van der Waals surface area (Å²) in [6, 6.07) is 11.6. The fraction of sp³-hybridized carbons (Fsp3) is 0.318. The molecule has 2 N–H and O–H groups in total. The van der Waals surface area contributed by atoms with Crippen molar-refractivity contribution in [3.05, 3.63) is 85.7 Å². The van der Waals surface area contributed by atoms with E-state index in [4.69, 9.17) is 0 Å². The molecule has 3 aromatic rings. The highest BCUT2D eigenvalue weighted by molar-refractivity contribution is 7.07. The number of aromatic nitrogens is 2. The lowest BCUT2D eigenvalue weighted by atomic mass is 9.87. The number of amides is 1. The Hall–Kier alpha value is -2.77. The molecule has 1 amide bonds. The molecule has 1 aliphatic rings. The molecule has 0 saturated heterocycles. The molecule has 1 atom stereocenters. The average molecular weight is 409 g/mol. The molecule has 0 radical (unpaired) electrons. The summed E-state index contributed by atoms with van der Waals surface area (Å²) < 4.78 is 0. The largest absolute Gasteiger partial charge is 0.345 e. The number of nitrogens with one attached hydrogen (secondary N) is 2. The molecule has 0 aliphatic heterocycles. The Bertz CT molecular complexity index is 1040. The zero-order valence-electron chi connectivity index (χ0n) is 16.4. The Kier molecular flexibility index (Phi) is 5.87. The lowest BCUT2D eigenvalue weighted by Gasteiger charge is -2.26. The number of carbonyl (C=O) groups is 1. The highest BCUT2D eigenvalue weighted by Gasteiger charge is 2.23. The number of aryl methyl sites for hydroxylation is 1. The van der Waals surface area contributed by atoms with Crippen molar-refractivity contribution in [3.63, 3.8) is 0 Å². The number of rotatable bonds is 6. The molecule has 7 heteroatoms. The van der Waals surface area contributed by atoms with Crippen molar-refractivity contribution < 1.29 is 4.79 Å². The Morgan fingerprint density at radius 1 is 1.28 bits per heavy atom. The van der Waals surface area contributed by atoms with Crippen LogP contribution in [0.25, 0.3) is 0 Å². The van der Waals surface area contributed by atoms with Gasteiger partial charge in [0.05, 0.1) is 17.2 Å². The minimum absolute atomic E-state index is 0.0456. The van der Waals surface area contributed by atoms with Gasteiger partial charge >= 0.3 is 0 Å². The van der Waals surface area contributed by atoms with Crippen LogP contribution in [-0.4, -0.2) is 27.8 Å². The molecule has 1 aliphatic carbocycles. The molecule has 0 spiro atoms. The predicted molar refractivity (Wildman–Crippen MR) is 114 cm³/mol. The minimum atomic E-state index is -0.355. The van der Waals surface area contributed by atoms with E-state index in [1.165, 1.54) is 5.56 Å². The summed E-state index contributed by atoms with van der Waals surface area (Å²) in [6.45, 7) is 1.28. The lowest BCUT2D eigenvalue weighted by Crippen LogP contribution is -2.34. The van der Waals surface area contributed by atoms with Crippen LogP contribution in [0.1, 0.15) is 51.8 Å². The van der Waals surface area contributed by atoms with Crippen molar-refractivity contribution in [3.8, 4) is 0 Å². The van der Waals surface area contributed by atoms with Crippen molar-refractivity contribution >= 4 is 17.2 Å². The number of nitrogens with zero attached hydrogens (tertiary/aromatic N) is 2. The molecule has 1 aromatic carbocycles. The van der Waals surface area contributed by atoms with E-state index in [-0.39, 0.29) is 23.1 Å². The van der Waals surface area contributed by atoms with E-state index in [0.717, 1.165) is 36.2 Å². The van der Waals surface area contributed by atoms with Crippen molar-refractivity contribution in [2.24, 2.45) is 0 Å². The van der Waals surface area contributed by atoms with Crippen LogP contribution in [0.2, 0.25) is 0 Å². The van der Waals surface area contributed by atoms with Crippen LogP contribution in [0.5, 0.6) is 0 Å². The molecule has 6 nitrogen and oxygen atoms in total. The third-order valence-electron chi connectivity index (χ3n) is 5.24. The van der Waals surface area contributed by atoms with Crippen LogP contribution < -0.4 is 10.9 Å². The maximum atomic E-state index is 12.7. The normalized spacial score (nSPS) is 15.9. The average Bonchev–Trinajstić information content (AvgIpc) is 3.21. The number of benzene rings is 1. The number of carbonyl (C=O) groups excluding carboxylic acids is 1. The minimum Gasteiger partial charge on any atom is -0.345 e. The second kappa shape index (κ2) is 8.71. The summed E-state index contributed by atoms with van der Waals surface area (Å²) in [4.78, 5) is 34.5. The van der Waals surface area contributed by atoms with Gasteiger partial charge < -0.3 is 10.3 Å². The van der Waals surface area contributed by atoms with E-state index in [1.54, 1.807) is 17.4 Å². The summed E-state index contributed by atoms with van der Waals surface area (Å²) in [5, 5.41) is 5.06. The van der Waals surface area contributed by atoms with Gasteiger partial charge in [0.15, 0.2) is 0 Å². The molecule has 2 aromatic heterocycles. The molecule has 150 valence electrons. The first-order chi connectivity index (χ1) is 14.1. The van der Waals surface area contributed by atoms with Gasteiger partial charge in [-0.15, -0.1) is 11.3 Å².